The molecule has 0 N–H and O–H groups in total. The first kappa shape index (κ1) is 17.1. The Kier molecular flexibility index (Phi) is 5.71. The molecule has 1 nitrogen and oxygen atoms in total. The van der Waals surface area contributed by atoms with Crippen molar-refractivity contribution in [3.63, 3.8) is 0 Å². The van der Waals surface area contributed by atoms with Gasteiger partial charge in [0.25, 0.3) is 0 Å². The Labute approximate surface area is 137 Å². The molecule has 22 heavy (non-hydrogen) atoms. The molecule has 0 heterocycles. The van der Waals surface area contributed by atoms with Gasteiger partial charge in [-0.25, -0.2) is 0 Å². The molecule has 0 atom stereocenters. The van der Waals surface area contributed by atoms with Gasteiger partial charge in [0.2, 0.25) is 0 Å². The zero-order chi connectivity index (χ0) is 16.1. The van der Waals surface area contributed by atoms with E-state index in [-0.39, 0.29) is 4.75 Å². The van der Waals surface area contributed by atoms with Crippen molar-refractivity contribution in [2.45, 2.75) is 55.1 Å². The number of benzene rings is 2. The van der Waals surface area contributed by atoms with E-state index >= 15 is 0 Å². The van der Waals surface area contributed by atoms with Crippen LogP contribution in [0.1, 0.15) is 40.5 Å². The molecule has 0 saturated carbocycles. The lowest BCUT2D eigenvalue weighted by atomic mass is 10.1. The summed E-state index contributed by atoms with van der Waals surface area (Å²) >= 11 is 0. The zero-order valence-corrected chi connectivity index (χ0v) is 15.0. The molecular formula is C20H28OS. The van der Waals surface area contributed by atoms with Crippen LogP contribution in [0.2, 0.25) is 0 Å². The third-order valence-electron chi connectivity index (χ3n) is 4.24. The van der Waals surface area contributed by atoms with Gasteiger partial charge in [0.1, 0.15) is 0 Å². The summed E-state index contributed by atoms with van der Waals surface area (Å²) in [4.78, 5) is 2.64. The second kappa shape index (κ2) is 7.34. The summed E-state index contributed by atoms with van der Waals surface area (Å²) in [6.45, 7) is 9.93. The Bertz CT molecular complexity index is 523. The maximum atomic E-state index is 6.69. The fourth-order valence-corrected chi connectivity index (χ4v) is 6.75. The lowest BCUT2D eigenvalue weighted by molar-refractivity contribution is 0.340. The van der Waals surface area contributed by atoms with Gasteiger partial charge in [0, 0.05) is 14.5 Å². The highest BCUT2D eigenvalue weighted by molar-refractivity contribution is 8.31. The summed E-state index contributed by atoms with van der Waals surface area (Å²) in [5, 5.41) is 0. The fourth-order valence-electron chi connectivity index (χ4n) is 2.71. The molecule has 0 unspecified atom stereocenters. The van der Waals surface area contributed by atoms with E-state index in [1.165, 1.54) is 9.79 Å². The van der Waals surface area contributed by atoms with Gasteiger partial charge < -0.3 is 4.18 Å². The topological polar surface area (TPSA) is 9.23 Å². The van der Waals surface area contributed by atoms with Crippen LogP contribution in [0, 0.1) is 0 Å². The minimum Gasteiger partial charge on any atom is -0.328 e. The quantitative estimate of drug-likeness (QED) is 0.571. The van der Waals surface area contributed by atoms with E-state index in [2.05, 4.69) is 88.4 Å². The molecule has 0 aliphatic heterocycles. The second-order valence-electron chi connectivity index (χ2n) is 6.12. The molecule has 120 valence electrons. The van der Waals surface area contributed by atoms with Gasteiger partial charge in [-0.1, -0.05) is 60.6 Å². The smallest absolute Gasteiger partial charge is 0.0598 e. The zero-order valence-electron chi connectivity index (χ0n) is 14.2. The van der Waals surface area contributed by atoms with Crippen molar-refractivity contribution < 1.29 is 4.18 Å². The lowest BCUT2D eigenvalue weighted by Gasteiger charge is -2.51. The summed E-state index contributed by atoms with van der Waals surface area (Å²) in [5.41, 5.74) is 0. The van der Waals surface area contributed by atoms with Gasteiger partial charge in [0.15, 0.2) is 0 Å². The number of hydrogen-bond donors (Lipinski definition) is 0. The van der Waals surface area contributed by atoms with Crippen molar-refractivity contribution in [1.82, 2.24) is 0 Å². The standard InChI is InChI=1S/C20H28OS/c1-5-17-21-22(20(3,4)6-2,18-13-9-7-10-14-18)19-15-11-8-12-16-19/h7-16H,5-6,17H2,1-4H3. The first-order valence-electron chi connectivity index (χ1n) is 8.16. The molecule has 0 aliphatic rings. The third kappa shape index (κ3) is 3.09. The van der Waals surface area contributed by atoms with E-state index in [1.54, 1.807) is 0 Å². The van der Waals surface area contributed by atoms with E-state index in [9.17, 15) is 0 Å². The molecule has 0 saturated heterocycles. The highest BCUT2D eigenvalue weighted by Crippen LogP contribution is 2.72. The van der Waals surface area contributed by atoms with Crippen molar-refractivity contribution in [3.05, 3.63) is 60.7 Å². The van der Waals surface area contributed by atoms with Crippen molar-refractivity contribution >= 4 is 10.3 Å². The molecule has 0 spiro atoms. The van der Waals surface area contributed by atoms with E-state index in [1.807, 2.05) is 0 Å². The van der Waals surface area contributed by atoms with Gasteiger partial charge in [-0.15, -0.1) is 0 Å². The Balaban J connectivity index is 2.69. The molecule has 0 aliphatic carbocycles. The maximum Gasteiger partial charge on any atom is 0.0598 e. The highest BCUT2D eigenvalue weighted by atomic mass is 32.3. The van der Waals surface area contributed by atoms with Crippen LogP contribution >= 0.6 is 10.3 Å². The molecule has 0 radical (unpaired) electrons. The Morgan fingerprint density at radius 2 is 1.27 bits per heavy atom. The van der Waals surface area contributed by atoms with E-state index in [0.29, 0.717) is 0 Å². The van der Waals surface area contributed by atoms with Crippen LogP contribution in [-0.2, 0) is 4.18 Å². The van der Waals surface area contributed by atoms with Gasteiger partial charge in [-0.2, -0.15) is 0 Å². The van der Waals surface area contributed by atoms with E-state index < -0.39 is 10.3 Å². The summed E-state index contributed by atoms with van der Waals surface area (Å²) in [6.07, 6.45) is 2.12. The second-order valence-corrected chi connectivity index (χ2v) is 9.51. The lowest BCUT2D eigenvalue weighted by Crippen LogP contribution is -2.30. The van der Waals surface area contributed by atoms with Gasteiger partial charge in [-0.05, 0) is 51.0 Å². The van der Waals surface area contributed by atoms with E-state index in [0.717, 1.165) is 19.4 Å². The predicted molar refractivity (Wildman–Crippen MR) is 97.6 cm³/mol. The van der Waals surface area contributed by atoms with Gasteiger partial charge in [-0.3, -0.25) is 0 Å². The summed E-state index contributed by atoms with van der Waals surface area (Å²) in [5.74, 6) is 0. The normalized spacial score (nSPS) is 13.1. The van der Waals surface area contributed by atoms with Crippen LogP contribution in [0.15, 0.2) is 70.5 Å². The molecule has 0 amide bonds. The van der Waals surface area contributed by atoms with Crippen LogP contribution in [0.4, 0.5) is 0 Å². The molecule has 0 fully saturated rings. The van der Waals surface area contributed by atoms with Gasteiger partial charge >= 0.3 is 0 Å². The monoisotopic (exact) mass is 316 g/mol. The predicted octanol–water partition coefficient (Wildman–Crippen LogP) is 6.44. The highest BCUT2D eigenvalue weighted by Gasteiger charge is 2.43. The average Bonchev–Trinajstić information content (AvgIpc) is 2.57. The summed E-state index contributed by atoms with van der Waals surface area (Å²) in [6, 6.07) is 21.6. The van der Waals surface area contributed by atoms with Gasteiger partial charge in [0.05, 0.1) is 6.61 Å². The maximum absolute atomic E-state index is 6.69. The van der Waals surface area contributed by atoms with Crippen molar-refractivity contribution in [3.8, 4) is 0 Å². The minimum absolute atomic E-state index is 0.0743. The summed E-state index contributed by atoms with van der Waals surface area (Å²) < 4.78 is 6.76. The first-order chi connectivity index (χ1) is 10.6. The third-order valence-corrected chi connectivity index (χ3v) is 8.48. The number of rotatable bonds is 7. The van der Waals surface area contributed by atoms with Crippen LogP contribution in [0.5, 0.6) is 0 Å². The van der Waals surface area contributed by atoms with Crippen molar-refractivity contribution in [2.24, 2.45) is 0 Å². The average molecular weight is 317 g/mol. The summed E-state index contributed by atoms with van der Waals surface area (Å²) in [7, 11) is -1.54. The fraction of sp³-hybridized carbons (Fsp3) is 0.400. The first-order valence-corrected chi connectivity index (χ1v) is 9.71. The number of hydrogen-bond acceptors (Lipinski definition) is 1. The molecule has 2 heteroatoms. The molecule has 2 rings (SSSR count). The van der Waals surface area contributed by atoms with Crippen LogP contribution in [0.25, 0.3) is 0 Å². The molecule has 2 aromatic carbocycles. The molecule has 2 aromatic rings. The molecular weight excluding hydrogens is 288 g/mol. The van der Waals surface area contributed by atoms with Crippen molar-refractivity contribution in [2.75, 3.05) is 6.61 Å². The minimum atomic E-state index is -1.54. The SMILES string of the molecule is CCCOS(c1ccccc1)(c1ccccc1)C(C)(C)CC. The Morgan fingerprint density at radius 1 is 0.818 bits per heavy atom. The van der Waals surface area contributed by atoms with Crippen LogP contribution < -0.4 is 0 Å². The van der Waals surface area contributed by atoms with Crippen LogP contribution in [-0.4, -0.2) is 11.4 Å². The van der Waals surface area contributed by atoms with Crippen molar-refractivity contribution in [1.29, 1.82) is 0 Å². The van der Waals surface area contributed by atoms with E-state index in [4.69, 9.17) is 4.18 Å². The van der Waals surface area contributed by atoms with Crippen LogP contribution in [0.3, 0.4) is 0 Å². The molecule has 0 bridgehead atoms. The largest absolute Gasteiger partial charge is 0.328 e. The molecule has 0 aromatic heterocycles. The Hall–Kier alpha value is -1.25. The Morgan fingerprint density at radius 3 is 1.64 bits per heavy atom.